The van der Waals surface area contributed by atoms with Gasteiger partial charge in [-0.3, -0.25) is 0 Å². The van der Waals surface area contributed by atoms with E-state index in [4.69, 9.17) is 5.11 Å². The first-order valence-corrected chi connectivity index (χ1v) is 4.98. The van der Waals surface area contributed by atoms with Crippen LogP contribution in [0, 0.1) is 6.92 Å². The van der Waals surface area contributed by atoms with Crippen molar-refractivity contribution in [3.05, 3.63) is 34.9 Å². The van der Waals surface area contributed by atoms with E-state index in [2.05, 4.69) is 6.92 Å². The summed E-state index contributed by atoms with van der Waals surface area (Å²) in [6, 6.07) is 5.33. The van der Waals surface area contributed by atoms with Gasteiger partial charge in [-0.15, -0.1) is 0 Å². The molecule has 0 amide bonds. The number of carboxylic acids is 1. The number of benzene rings is 1. The minimum absolute atomic E-state index is 0.390. The molecule has 0 spiro atoms. The zero-order valence-electron chi connectivity index (χ0n) is 8.71. The van der Waals surface area contributed by atoms with Gasteiger partial charge in [0.1, 0.15) is 0 Å². The van der Waals surface area contributed by atoms with E-state index in [1.54, 1.807) is 12.1 Å². The topological polar surface area (TPSA) is 37.3 Å². The standard InChI is InChI=1S/C12H16O2/c1-3-4-5-10-8-11(12(13)14)7-6-9(10)2/h6-8H,3-5H2,1-2H3,(H,13,14). The molecule has 1 aromatic rings. The van der Waals surface area contributed by atoms with Crippen molar-refractivity contribution < 1.29 is 9.90 Å². The summed E-state index contributed by atoms with van der Waals surface area (Å²) in [7, 11) is 0. The summed E-state index contributed by atoms with van der Waals surface area (Å²) in [4.78, 5) is 10.7. The van der Waals surface area contributed by atoms with Gasteiger partial charge < -0.3 is 5.11 Å². The van der Waals surface area contributed by atoms with Gasteiger partial charge in [-0.2, -0.15) is 0 Å². The Labute approximate surface area is 84.6 Å². The third-order valence-electron chi connectivity index (χ3n) is 2.40. The van der Waals surface area contributed by atoms with Gasteiger partial charge in [-0.25, -0.2) is 4.79 Å². The van der Waals surface area contributed by atoms with E-state index in [9.17, 15) is 4.79 Å². The van der Waals surface area contributed by atoms with Crippen molar-refractivity contribution in [3.8, 4) is 0 Å². The molecule has 0 bridgehead atoms. The molecule has 0 heterocycles. The normalized spacial score (nSPS) is 10.1. The maximum atomic E-state index is 10.7. The van der Waals surface area contributed by atoms with E-state index in [0.29, 0.717) is 5.56 Å². The molecular weight excluding hydrogens is 176 g/mol. The Morgan fingerprint density at radius 2 is 2.14 bits per heavy atom. The van der Waals surface area contributed by atoms with Gasteiger partial charge in [-0.05, 0) is 43.0 Å². The van der Waals surface area contributed by atoms with Gasteiger partial charge >= 0.3 is 5.97 Å². The highest BCUT2D eigenvalue weighted by Gasteiger charge is 2.05. The second-order valence-corrected chi connectivity index (χ2v) is 3.55. The lowest BCUT2D eigenvalue weighted by Crippen LogP contribution is -1.99. The molecular formula is C12H16O2. The van der Waals surface area contributed by atoms with Gasteiger partial charge in [-0.1, -0.05) is 19.4 Å². The molecule has 0 aliphatic carbocycles. The lowest BCUT2D eigenvalue weighted by Gasteiger charge is -2.05. The monoisotopic (exact) mass is 192 g/mol. The van der Waals surface area contributed by atoms with Crippen molar-refractivity contribution in [2.45, 2.75) is 33.1 Å². The fourth-order valence-electron chi connectivity index (χ4n) is 1.44. The van der Waals surface area contributed by atoms with Crippen LogP contribution in [0.25, 0.3) is 0 Å². The molecule has 0 saturated heterocycles. The number of carboxylic acid groups (broad SMARTS) is 1. The largest absolute Gasteiger partial charge is 0.478 e. The summed E-state index contributed by atoms with van der Waals surface area (Å²) >= 11 is 0. The van der Waals surface area contributed by atoms with Crippen molar-refractivity contribution in [3.63, 3.8) is 0 Å². The van der Waals surface area contributed by atoms with Crippen LogP contribution in [0.1, 0.15) is 41.3 Å². The summed E-state index contributed by atoms with van der Waals surface area (Å²) in [5.74, 6) is -0.845. The third-order valence-corrected chi connectivity index (χ3v) is 2.40. The lowest BCUT2D eigenvalue weighted by atomic mass is 10.0. The maximum Gasteiger partial charge on any atom is 0.335 e. The van der Waals surface area contributed by atoms with Crippen LogP contribution in [0.5, 0.6) is 0 Å². The average Bonchev–Trinajstić information content (AvgIpc) is 2.16. The van der Waals surface area contributed by atoms with E-state index in [0.717, 1.165) is 24.8 Å². The van der Waals surface area contributed by atoms with Crippen LogP contribution in [0.4, 0.5) is 0 Å². The molecule has 0 aliphatic heterocycles. The summed E-state index contributed by atoms with van der Waals surface area (Å²) < 4.78 is 0. The van der Waals surface area contributed by atoms with Gasteiger partial charge in [0.15, 0.2) is 0 Å². The van der Waals surface area contributed by atoms with Crippen molar-refractivity contribution in [2.75, 3.05) is 0 Å². The van der Waals surface area contributed by atoms with Crippen LogP contribution < -0.4 is 0 Å². The van der Waals surface area contributed by atoms with Crippen LogP contribution in [0.15, 0.2) is 18.2 Å². The van der Waals surface area contributed by atoms with Gasteiger partial charge in [0, 0.05) is 0 Å². The second-order valence-electron chi connectivity index (χ2n) is 3.55. The number of carbonyl (C=O) groups is 1. The van der Waals surface area contributed by atoms with Crippen LogP contribution in [-0.4, -0.2) is 11.1 Å². The molecule has 0 aliphatic rings. The van der Waals surface area contributed by atoms with Crippen LogP contribution in [-0.2, 0) is 6.42 Å². The van der Waals surface area contributed by atoms with Gasteiger partial charge in [0.25, 0.3) is 0 Å². The Morgan fingerprint density at radius 3 is 2.71 bits per heavy atom. The van der Waals surface area contributed by atoms with Crippen LogP contribution in [0.2, 0.25) is 0 Å². The molecule has 1 N–H and O–H groups in total. The summed E-state index contributed by atoms with van der Waals surface area (Å²) in [5.41, 5.74) is 2.73. The van der Waals surface area contributed by atoms with Crippen LogP contribution >= 0.6 is 0 Å². The van der Waals surface area contributed by atoms with Gasteiger partial charge in [0.2, 0.25) is 0 Å². The van der Waals surface area contributed by atoms with E-state index < -0.39 is 5.97 Å². The molecule has 0 fully saturated rings. The Hall–Kier alpha value is -1.31. The zero-order valence-corrected chi connectivity index (χ0v) is 8.71. The summed E-state index contributed by atoms with van der Waals surface area (Å²) in [6.07, 6.45) is 3.23. The molecule has 2 nitrogen and oxygen atoms in total. The number of unbranched alkanes of at least 4 members (excludes halogenated alkanes) is 1. The highest BCUT2D eigenvalue weighted by molar-refractivity contribution is 5.87. The molecule has 0 aromatic heterocycles. The molecule has 1 aromatic carbocycles. The number of aryl methyl sites for hydroxylation is 2. The predicted molar refractivity (Wildman–Crippen MR) is 56.8 cm³/mol. The quantitative estimate of drug-likeness (QED) is 0.796. The third kappa shape index (κ3) is 2.59. The van der Waals surface area contributed by atoms with Crippen molar-refractivity contribution in [2.24, 2.45) is 0 Å². The van der Waals surface area contributed by atoms with Crippen molar-refractivity contribution in [1.29, 1.82) is 0 Å². The number of hydrogen-bond acceptors (Lipinski definition) is 1. The first-order chi connectivity index (χ1) is 6.65. The highest BCUT2D eigenvalue weighted by Crippen LogP contribution is 2.14. The minimum Gasteiger partial charge on any atom is -0.478 e. The zero-order chi connectivity index (χ0) is 10.6. The van der Waals surface area contributed by atoms with E-state index in [1.165, 1.54) is 5.56 Å². The molecule has 76 valence electrons. The SMILES string of the molecule is CCCCc1cc(C(=O)O)ccc1C. The summed E-state index contributed by atoms with van der Waals surface area (Å²) in [6.45, 7) is 4.16. The Balaban J connectivity index is 2.90. The predicted octanol–water partition coefficient (Wildman–Crippen LogP) is 3.04. The first kappa shape index (κ1) is 10.8. The van der Waals surface area contributed by atoms with E-state index >= 15 is 0 Å². The first-order valence-electron chi connectivity index (χ1n) is 4.98. The van der Waals surface area contributed by atoms with Crippen molar-refractivity contribution >= 4 is 5.97 Å². The molecule has 0 saturated carbocycles. The number of aromatic carboxylic acids is 1. The smallest absolute Gasteiger partial charge is 0.335 e. The average molecular weight is 192 g/mol. The van der Waals surface area contributed by atoms with Crippen molar-refractivity contribution in [1.82, 2.24) is 0 Å². The molecule has 1 rings (SSSR count). The molecule has 0 radical (unpaired) electrons. The minimum atomic E-state index is -0.845. The second kappa shape index (κ2) is 4.80. The number of rotatable bonds is 4. The highest BCUT2D eigenvalue weighted by atomic mass is 16.4. The van der Waals surface area contributed by atoms with E-state index in [1.807, 2.05) is 13.0 Å². The molecule has 2 heteroatoms. The Morgan fingerprint density at radius 1 is 1.43 bits per heavy atom. The Bertz CT molecular complexity index is 329. The molecule has 14 heavy (non-hydrogen) atoms. The van der Waals surface area contributed by atoms with Gasteiger partial charge in [0.05, 0.1) is 5.56 Å². The van der Waals surface area contributed by atoms with Crippen LogP contribution in [0.3, 0.4) is 0 Å². The Kier molecular flexibility index (Phi) is 3.69. The fraction of sp³-hybridized carbons (Fsp3) is 0.417. The number of hydrogen-bond donors (Lipinski definition) is 1. The van der Waals surface area contributed by atoms with E-state index in [-0.39, 0.29) is 0 Å². The maximum absolute atomic E-state index is 10.7. The molecule has 0 unspecified atom stereocenters. The lowest BCUT2D eigenvalue weighted by molar-refractivity contribution is 0.0697. The summed E-state index contributed by atoms with van der Waals surface area (Å²) in [5, 5.41) is 8.83. The fourth-order valence-corrected chi connectivity index (χ4v) is 1.44. The molecule has 0 atom stereocenters.